The molecule has 1 fully saturated rings. The average Bonchev–Trinajstić information content (AvgIpc) is 2.22. The second-order valence-electron chi connectivity index (χ2n) is 8.56. The van der Waals surface area contributed by atoms with Crippen LogP contribution >= 0.6 is 0 Å². The fourth-order valence-electron chi connectivity index (χ4n) is 4.28. The van der Waals surface area contributed by atoms with E-state index in [4.69, 9.17) is 0 Å². The van der Waals surface area contributed by atoms with E-state index in [1.165, 1.54) is 51.4 Å². The molecule has 0 aromatic rings. The van der Waals surface area contributed by atoms with Gasteiger partial charge in [-0.1, -0.05) is 73.6 Å². The highest BCUT2D eigenvalue weighted by molar-refractivity contribution is 4.82. The number of hydrogen-bond donors (Lipinski definition) is 0. The zero-order valence-electron chi connectivity index (χ0n) is 13.8. The highest BCUT2D eigenvalue weighted by atomic mass is 14.4. The van der Waals surface area contributed by atoms with E-state index in [1.54, 1.807) is 0 Å². The molecule has 0 N–H and O–H groups in total. The molecule has 2 atom stereocenters. The van der Waals surface area contributed by atoms with Crippen molar-refractivity contribution in [2.75, 3.05) is 0 Å². The van der Waals surface area contributed by atoms with E-state index in [9.17, 15) is 0 Å². The lowest BCUT2D eigenvalue weighted by Crippen LogP contribution is -2.25. The van der Waals surface area contributed by atoms with Crippen molar-refractivity contribution in [3.05, 3.63) is 0 Å². The summed E-state index contributed by atoms with van der Waals surface area (Å²) in [6, 6.07) is 0. The summed E-state index contributed by atoms with van der Waals surface area (Å²) in [5, 5.41) is 0. The highest BCUT2D eigenvalue weighted by Gasteiger charge is 2.31. The third-order valence-corrected chi connectivity index (χ3v) is 4.99. The molecule has 108 valence electrons. The van der Waals surface area contributed by atoms with Crippen LogP contribution in [0.5, 0.6) is 0 Å². The predicted octanol–water partition coefficient (Wildman–Crippen LogP) is 6.45. The Morgan fingerprint density at radius 2 is 1.61 bits per heavy atom. The minimum absolute atomic E-state index is 0.526. The van der Waals surface area contributed by atoms with Gasteiger partial charge >= 0.3 is 0 Å². The SMILES string of the molecule is CCC1CCC(C)CCCC(C)(C)CC(C)(C)C1. The first-order valence-electron chi connectivity index (χ1n) is 8.24. The molecule has 1 rings (SSSR count). The smallest absolute Gasteiger partial charge is 0.0347 e. The van der Waals surface area contributed by atoms with E-state index < -0.39 is 0 Å². The predicted molar refractivity (Wildman–Crippen MR) is 82.8 cm³/mol. The lowest BCUT2D eigenvalue weighted by molar-refractivity contribution is 0.145. The first-order chi connectivity index (χ1) is 8.24. The second kappa shape index (κ2) is 6.44. The Morgan fingerprint density at radius 1 is 0.944 bits per heavy atom. The Balaban J connectivity index is 2.75. The molecule has 0 radical (unpaired) electrons. The summed E-state index contributed by atoms with van der Waals surface area (Å²) in [6.07, 6.45) is 11.4. The fraction of sp³-hybridized carbons (Fsp3) is 1.00. The third kappa shape index (κ3) is 5.76. The normalized spacial score (nSPS) is 33.7. The molecule has 18 heavy (non-hydrogen) atoms. The van der Waals surface area contributed by atoms with Crippen molar-refractivity contribution in [3.8, 4) is 0 Å². The molecule has 0 bridgehead atoms. The molecule has 2 unspecified atom stereocenters. The van der Waals surface area contributed by atoms with Crippen LogP contribution in [0, 0.1) is 22.7 Å². The summed E-state index contributed by atoms with van der Waals surface area (Å²) < 4.78 is 0. The molecule has 0 aromatic heterocycles. The molecule has 0 heteroatoms. The lowest BCUT2D eigenvalue weighted by Gasteiger charge is -2.37. The zero-order chi connectivity index (χ0) is 13.8. The van der Waals surface area contributed by atoms with Crippen molar-refractivity contribution in [3.63, 3.8) is 0 Å². The van der Waals surface area contributed by atoms with E-state index in [0.717, 1.165) is 11.8 Å². The Kier molecular flexibility index (Phi) is 5.74. The van der Waals surface area contributed by atoms with Crippen molar-refractivity contribution >= 4 is 0 Å². The van der Waals surface area contributed by atoms with Crippen molar-refractivity contribution in [2.24, 2.45) is 22.7 Å². The van der Waals surface area contributed by atoms with Gasteiger partial charge in [0, 0.05) is 0 Å². The summed E-state index contributed by atoms with van der Waals surface area (Å²) in [4.78, 5) is 0. The molecule has 0 aromatic carbocycles. The number of hydrogen-bond acceptors (Lipinski definition) is 0. The molecule has 1 aliphatic carbocycles. The Hall–Kier alpha value is 0. The van der Waals surface area contributed by atoms with Crippen LogP contribution in [0.25, 0.3) is 0 Å². The summed E-state index contributed by atoms with van der Waals surface area (Å²) in [5.74, 6) is 1.90. The van der Waals surface area contributed by atoms with Crippen LogP contribution in [0.2, 0.25) is 0 Å². The quantitative estimate of drug-likeness (QED) is 0.503. The van der Waals surface area contributed by atoms with Gasteiger partial charge in [0.1, 0.15) is 0 Å². The molecule has 1 saturated carbocycles. The molecular weight excluding hydrogens is 216 g/mol. The number of rotatable bonds is 1. The van der Waals surface area contributed by atoms with Gasteiger partial charge in [-0.25, -0.2) is 0 Å². The first-order valence-corrected chi connectivity index (χ1v) is 8.24. The van der Waals surface area contributed by atoms with Gasteiger partial charge in [0.15, 0.2) is 0 Å². The molecule has 0 aliphatic heterocycles. The van der Waals surface area contributed by atoms with E-state index >= 15 is 0 Å². The molecule has 0 amide bonds. The molecule has 0 saturated heterocycles. The topological polar surface area (TPSA) is 0 Å². The zero-order valence-corrected chi connectivity index (χ0v) is 13.8. The van der Waals surface area contributed by atoms with Crippen molar-refractivity contribution in [2.45, 2.75) is 92.9 Å². The van der Waals surface area contributed by atoms with Gasteiger partial charge in [0.2, 0.25) is 0 Å². The first kappa shape index (κ1) is 16.1. The molecular formula is C18H36. The van der Waals surface area contributed by atoms with Crippen LogP contribution in [-0.2, 0) is 0 Å². The Labute approximate surface area is 116 Å². The molecule has 0 nitrogen and oxygen atoms in total. The van der Waals surface area contributed by atoms with Crippen LogP contribution in [0.1, 0.15) is 92.9 Å². The van der Waals surface area contributed by atoms with Gasteiger partial charge in [0.25, 0.3) is 0 Å². The monoisotopic (exact) mass is 252 g/mol. The maximum Gasteiger partial charge on any atom is -0.0347 e. The average molecular weight is 252 g/mol. The third-order valence-electron chi connectivity index (χ3n) is 4.99. The van der Waals surface area contributed by atoms with Crippen LogP contribution in [0.15, 0.2) is 0 Å². The van der Waals surface area contributed by atoms with E-state index in [2.05, 4.69) is 41.5 Å². The highest BCUT2D eigenvalue weighted by Crippen LogP contribution is 2.43. The maximum atomic E-state index is 2.50. The fourth-order valence-corrected chi connectivity index (χ4v) is 4.28. The van der Waals surface area contributed by atoms with Crippen LogP contribution in [0.3, 0.4) is 0 Å². The lowest BCUT2D eigenvalue weighted by atomic mass is 9.69. The minimum atomic E-state index is 0.526. The Morgan fingerprint density at radius 3 is 2.22 bits per heavy atom. The summed E-state index contributed by atoms with van der Waals surface area (Å²) in [7, 11) is 0. The molecule has 1 aliphatic rings. The molecule has 0 spiro atoms. The van der Waals surface area contributed by atoms with Gasteiger partial charge in [-0.05, 0) is 41.9 Å². The summed E-state index contributed by atoms with van der Waals surface area (Å²) in [5.41, 5.74) is 1.06. The van der Waals surface area contributed by atoms with Gasteiger partial charge in [-0.2, -0.15) is 0 Å². The van der Waals surface area contributed by atoms with Crippen LogP contribution < -0.4 is 0 Å². The van der Waals surface area contributed by atoms with Gasteiger partial charge in [-0.3, -0.25) is 0 Å². The van der Waals surface area contributed by atoms with E-state index in [1.807, 2.05) is 0 Å². The van der Waals surface area contributed by atoms with Crippen molar-refractivity contribution in [1.29, 1.82) is 0 Å². The van der Waals surface area contributed by atoms with Gasteiger partial charge < -0.3 is 0 Å². The second-order valence-corrected chi connectivity index (χ2v) is 8.56. The summed E-state index contributed by atoms with van der Waals surface area (Å²) >= 11 is 0. The molecule has 0 heterocycles. The minimum Gasteiger partial charge on any atom is -0.0651 e. The Bertz CT molecular complexity index is 236. The van der Waals surface area contributed by atoms with Crippen molar-refractivity contribution in [1.82, 2.24) is 0 Å². The van der Waals surface area contributed by atoms with Gasteiger partial charge in [0.05, 0.1) is 0 Å². The van der Waals surface area contributed by atoms with Crippen LogP contribution in [0.4, 0.5) is 0 Å². The standard InChI is InChI=1S/C18H36/c1-7-16-11-10-15(2)9-8-12-17(3,4)14-18(5,6)13-16/h15-16H,7-14H2,1-6H3. The van der Waals surface area contributed by atoms with E-state index in [0.29, 0.717) is 10.8 Å². The van der Waals surface area contributed by atoms with Crippen LogP contribution in [-0.4, -0.2) is 0 Å². The maximum absolute atomic E-state index is 2.50. The van der Waals surface area contributed by atoms with Gasteiger partial charge in [-0.15, -0.1) is 0 Å². The largest absolute Gasteiger partial charge is 0.0651 e. The van der Waals surface area contributed by atoms with E-state index in [-0.39, 0.29) is 0 Å². The van der Waals surface area contributed by atoms with Crippen molar-refractivity contribution < 1.29 is 0 Å². The summed E-state index contributed by atoms with van der Waals surface area (Å²) in [6.45, 7) is 14.8.